The predicted molar refractivity (Wildman–Crippen MR) is 158 cm³/mol. The van der Waals surface area contributed by atoms with Gasteiger partial charge in [-0.25, -0.2) is 62.3 Å². The molecule has 0 aliphatic heterocycles. The van der Waals surface area contributed by atoms with Crippen molar-refractivity contribution in [1.29, 1.82) is 0 Å². The third-order valence-corrected chi connectivity index (χ3v) is 7.30. The normalized spacial score (nSPS) is 10.6. The van der Waals surface area contributed by atoms with Crippen LogP contribution in [-0.2, 0) is 0 Å². The SMILES string of the molecule is Cc1c(F)c(F)c(C(O)O)c(F)c1F.Cc1cc(F)c(C(O)O)cc1F.O=C(O)c1c(F)c(F)c(Br)c(F)c1F.O=C(O)c1cc(F)c(Br)cc1F. The van der Waals surface area contributed by atoms with Crippen LogP contribution in [0.25, 0.3) is 0 Å². The molecule has 6 N–H and O–H groups in total. The van der Waals surface area contributed by atoms with Gasteiger partial charge in [0.05, 0.1) is 20.1 Å². The lowest BCUT2D eigenvalue weighted by atomic mass is 10.1. The van der Waals surface area contributed by atoms with E-state index in [9.17, 15) is 62.3 Å². The highest BCUT2D eigenvalue weighted by Gasteiger charge is 2.28. The third kappa shape index (κ3) is 10.9. The highest BCUT2D eigenvalue weighted by molar-refractivity contribution is 9.10. The van der Waals surface area contributed by atoms with E-state index in [0.717, 1.165) is 25.1 Å². The minimum absolute atomic E-state index is 0.0926. The van der Waals surface area contributed by atoms with E-state index in [0.29, 0.717) is 6.07 Å². The fraction of sp³-hybridized carbons (Fsp3) is 0.133. The van der Waals surface area contributed by atoms with Crippen molar-refractivity contribution < 1.29 is 92.9 Å². The summed E-state index contributed by atoms with van der Waals surface area (Å²) in [7, 11) is 0. The zero-order chi connectivity index (χ0) is 40.7. The molecular formula is C30H18Br2F12O8. The van der Waals surface area contributed by atoms with Crippen LogP contribution in [0.3, 0.4) is 0 Å². The summed E-state index contributed by atoms with van der Waals surface area (Å²) in [5, 5.41) is 50.7. The molecule has 0 saturated heterocycles. The van der Waals surface area contributed by atoms with E-state index in [-0.39, 0.29) is 10.0 Å². The zero-order valence-electron chi connectivity index (χ0n) is 25.3. The van der Waals surface area contributed by atoms with Gasteiger partial charge in [-0.2, -0.15) is 0 Å². The van der Waals surface area contributed by atoms with Gasteiger partial charge < -0.3 is 30.6 Å². The molecule has 0 saturated carbocycles. The molecule has 0 atom stereocenters. The second-order valence-corrected chi connectivity index (χ2v) is 11.1. The maximum Gasteiger partial charge on any atom is 0.341 e. The molecule has 0 radical (unpaired) electrons. The predicted octanol–water partition coefficient (Wildman–Crippen LogP) is 7.92. The van der Waals surface area contributed by atoms with Crippen molar-refractivity contribution in [1.82, 2.24) is 0 Å². The Hall–Kier alpha value is -4.22. The third-order valence-electron chi connectivity index (χ3n) is 6.00. The number of hydrogen-bond donors (Lipinski definition) is 6. The Kier molecular flexibility index (Phi) is 16.8. The van der Waals surface area contributed by atoms with Crippen LogP contribution >= 0.6 is 31.9 Å². The molecule has 0 heterocycles. The van der Waals surface area contributed by atoms with Crippen molar-refractivity contribution in [3.63, 3.8) is 0 Å². The number of benzene rings is 4. The van der Waals surface area contributed by atoms with Crippen molar-refractivity contribution in [2.24, 2.45) is 0 Å². The zero-order valence-corrected chi connectivity index (χ0v) is 28.4. The number of carboxylic acid groups (broad SMARTS) is 2. The largest absolute Gasteiger partial charge is 0.478 e. The van der Waals surface area contributed by atoms with Crippen molar-refractivity contribution in [3.05, 3.63) is 136 Å². The number of halogens is 14. The van der Waals surface area contributed by atoms with Gasteiger partial charge in [-0.3, -0.25) is 0 Å². The minimum atomic E-state index is -2.60. The molecule has 4 rings (SSSR count). The summed E-state index contributed by atoms with van der Waals surface area (Å²) < 4.78 is 152. The van der Waals surface area contributed by atoms with Gasteiger partial charge in [0, 0.05) is 11.1 Å². The summed E-state index contributed by atoms with van der Waals surface area (Å²) in [5.41, 5.74) is -4.90. The molecule has 4 aromatic carbocycles. The van der Waals surface area contributed by atoms with E-state index >= 15 is 0 Å². The van der Waals surface area contributed by atoms with Gasteiger partial charge in [-0.15, -0.1) is 0 Å². The van der Waals surface area contributed by atoms with Crippen molar-refractivity contribution >= 4 is 43.8 Å². The van der Waals surface area contributed by atoms with Crippen LogP contribution in [0, 0.1) is 83.7 Å². The van der Waals surface area contributed by atoms with E-state index in [1.54, 1.807) is 0 Å². The highest BCUT2D eigenvalue weighted by Crippen LogP contribution is 2.29. The lowest BCUT2D eigenvalue weighted by molar-refractivity contribution is -0.0486. The van der Waals surface area contributed by atoms with E-state index < -0.39 is 127 Å². The minimum Gasteiger partial charge on any atom is -0.478 e. The second kappa shape index (κ2) is 19.0. The Bertz CT molecular complexity index is 1940. The molecule has 22 heteroatoms. The first-order chi connectivity index (χ1) is 23.8. The second-order valence-electron chi connectivity index (χ2n) is 9.47. The van der Waals surface area contributed by atoms with Gasteiger partial charge in [0.2, 0.25) is 0 Å². The first-order valence-electron chi connectivity index (χ1n) is 12.9. The Balaban J connectivity index is 0.000000348. The molecule has 284 valence electrons. The lowest BCUT2D eigenvalue weighted by Crippen LogP contribution is -2.10. The van der Waals surface area contributed by atoms with Crippen LogP contribution in [-0.4, -0.2) is 42.6 Å². The number of aliphatic hydroxyl groups is 4. The van der Waals surface area contributed by atoms with Gasteiger partial charge in [-0.1, -0.05) is 0 Å². The molecule has 0 amide bonds. The molecule has 52 heavy (non-hydrogen) atoms. The lowest BCUT2D eigenvalue weighted by Gasteiger charge is -2.10. The first kappa shape index (κ1) is 45.8. The summed E-state index contributed by atoms with van der Waals surface area (Å²) in [4.78, 5) is 20.5. The maximum absolute atomic E-state index is 12.9. The molecule has 0 bridgehead atoms. The summed E-state index contributed by atoms with van der Waals surface area (Å²) in [5.74, 6) is -21.1. The summed E-state index contributed by atoms with van der Waals surface area (Å²) in [6, 6.07) is 3.10. The Morgan fingerprint density at radius 1 is 0.538 bits per heavy atom. The average molecular weight is 894 g/mol. The van der Waals surface area contributed by atoms with Gasteiger partial charge in [0.15, 0.2) is 59.1 Å². The molecule has 8 nitrogen and oxygen atoms in total. The summed E-state index contributed by atoms with van der Waals surface area (Å²) >= 11 is 4.96. The molecule has 0 aliphatic rings. The van der Waals surface area contributed by atoms with Crippen LogP contribution in [0.4, 0.5) is 52.7 Å². The number of aliphatic hydroxyl groups excluding tert-OH is 2. The molecular weight excluding hydrogens is 876 g/mol. The van der Waals surface area contributed by atoms with E-state index in [1.807, 2.05) is 0 Å². The van der Waals surface area contributed by atoms with Crippen LogP contribution in [0.1, 0.15) is 55.5 Å². The molecule has 0 spiro atoms. The van der Waals surface area contributed by atoms with E-state index in [1.165, 1.54) is 6.92 Å². The van der Waals surface area contributed by atoms with Gasteiger partial charge in [0.25, 0.3) is 0 Å². The van der Waals surface area contributed by atoms with Crippen LogP contribution in [0.15, 0.2) is 33.2 Å². The fourth-order valence-electron chi connectivity index (χ4n) is 3.32. The van der Waals surface area contributed by atoms with Crippen LogP contribution < -0.4 is 0 Å². The van der Waals surface area contributed by atoms with Crippen LogP contribution in [0.2, 0.25) is 0 Å². The molecule has 0 fully saturated rings. The number of aryl methyl sites for hydroxylation is 1. The maximum atomic E-state index is 12.9. The quantitative estimate of drug-likeness (QED) is 0.0523. The van der Waals surface area contributed by atoms with Gasteiger partial charge >= 0.3 is 11.9 Å². The number of hydrogen-bond acceptors (Lipinski definition) is 6. The van der Waals surface area contributed by atoms with Gasteiger partial charge in [-0.05, 0) is 75.5 Å². The van der Waals surface area contributed by atoms with Crippen molar-refractivity contribution in [2.45, 2.75) is 26.4 Å². The topological polar surface area (TPSA) is 156 Å². The first-order valence-corrected chi connectivity index (χ1v) is 14.5. The van der Waals surface area contributed by atoms with Crippen molar-refractivity contribution in [2.75, 3.05) is 0 Å². The fourth-order valence-corrected chi connectivity index (χ4v) is 3.99. The Labute approximate surface area is 299 Å². The number of carboxylic acids is 2. The van der Waals surface area contributed by atoms with E-state index in [2.05, 4.69) is 31.9 Å². The molecule has 4 aromatic rings. The number of rotatable bonds is 4. The van der Waals surface area contributed by atoms with Crippen molar-refractivity contribution in [3.8, 4) is 0 Å². The summed E-state index contributed by atoms with van der Waals surface area (Å²) in [6.45, 7) is 2.23. The van der Waals surface area contributed by atoms with Gasteiger partial charge in [0.1, 0.15) is 28.8 Å². The van der Waals surface area contributed by atoms with Crippen LogP contribution in [0.5, 0.6) is 0 Å². The smallest absolute Gasteiger partial charge is 0.341 e. The Morgan fingerprint density at radius 2 is 1.00 bits per heavy atom. The highest BCUT2D eigenvalue weighted by atomic mass is 79.9. The molecule has 0 aliphatic carbocycles. The summed E-state index contributed by atoms with van der Waals surface area (Å²) in [6.07, 6.45) is -4.57. The molecule has 0 unspecified atom stereocenters. The Morgan fingerprint density at radius 3 is 1.38 bits per heavy atom. The monoisotopic (exact) mass is 892 g/mol. The standard InChI is InChI=1S/C8H6F4O2.C8H8F2O2.C7HBrF4O2.C7H3BrF2O2/c1-2-4(9)6(11)3(8(13)14)7(12)5(2)10;1-4-2-7(10)5(8(11)12)3-6(4)9;8-2-5(11)3(9)1(7(13)14)4(10)6(2)12;8-4-2-5(9)3(7(11)12)1-6(4)10/h8,13-14H,1H3;2-3,8,11-12H,1H3;(H,13,14);1-2H,(H,11,12). The number of carbonyl (C=O) groups is 2. The average Bonchev–Trinajstić information content (AvgIpc) is 3.04. The van der Waals surface area contributed by atoms with E-state index in [4.69, 9.17) is 30.6 Å². The number of aromatic carboxylic acids is 2. The molecule has 0 aromatic heterocycles.